The maximum atomic E-state index is 12.4. The fourth-order valence-electron chi connectivity index (χ4n) is 3.04. The van der Waals surface area contributed by atoms with E-state index in [1.807, 2.05) is 6.92 Å². The van der Waals surface area contributed by atoms with Crippen LogP contribution in [-0.4, -0.2) is 42.7 Å². The fourth-order valence-corrected chi connectivity index (χ4v) is 4.82. The Balaban J connectivity index is 2.25. The van der Waals surface area contributed by atoms with Gasteiger partial charge in [0.15, 0.2) is 0 Å². The average molecular weight is 311 g/mol. The Hall–Kier alpha value is -1.01. The molecule has 6 heteroatoms. The minimum atomic E-state index is -0.773. The van der Waals surface area contributed by atoms with Crippen LogP contribution in [0.25, 0.3) is 0 Å². The normalized spacial score (nSPS) is 23.9. The van der Waals surface area contributed by atoms with E-state index in [1.54, 1.807) is 0 Å². The molecule has 21 heavy (non-hydrogen) atoms. The summed E-state index contributed by atoms with van der Waals surface area (Å²) in [7, 11) is -0.773. The Bertz CT molecular complexity index is 581. The summed E-state index contributed by atoms with van der Waals surface area (Å²) in [4.78, 5) is 21.2. The fraction of sp³-hybridized carbons (Fsp3) is 0.733. The van der Waals surface area contributed by atoms with Crippen LogP contribution in [0.5, 0.6) is 0 Å². The monoisotopic (exact) mass is 311 g/mol. The number of nitrogens with zero attached hydrogens (tertiary/aromatic N) is 2. The van der Waals surface area contributed by atoms with Gasteiger partial charge in [-0.25, -0.2) is 4.98 Å². The van der Waals surface area contributed by atoms with Gasteiger partial charge in [0.25, 0.3) is 5.56 Å². The smallest absolute Gasteiger partial charge is 0.251 e. The Labute approximate surface area is 128 Å². The molecular formula is C15H25N3O2S. The van der Waals surface area contributed by atoms with E-state index in [2.05, 4.69) is 35.6 Å². The highest BCUT2D eigenvalue weighted by Gasteiger charge is 2.40. The second kappa shape index (κ2) is 6.40. The van der Waals surface area contributed by atoms with Crippen LogP contribution in [0.4, 0.5) is 0 Å². The molecule has 0 bridgehead atoms. The molecule has 0 spiro atoms. The zero-order valence-electron chi connectivity index (χ0n) is 13.3. The van der Waals surface area contributed by atoms with Gasteiger partial charge in [0.2, 0.25) is 0 Å². The lowest BCUT2D eigenvalue weighted by Gasteiger charge is -2.43. The largest absolute Gasteiger partial charge is 0.309 e. The molecule has 0 saturated carbocycles. The van der Waals surface area contributed by atoms with E-state index in [-0.39, 0.29) is 16.3 Å². The molecule has 0 amide bonds. The van der Waals surface area contributed by atoms with Crippen LogP contribution in [0.1, 0.15) is 51.2 Å². The molecular weight excluding hydrogens is 286 g/mol. The Morgan fingerprint density at radius 2 is 2.14 bits per heavy atom. The van der Waals surface area contributed by atoms with Gasteiger partial charge in [0.05, 0.1) is 10.8 Å². The quantitative estimate of drug-likeness (QED) is 0.920. The second-order valence-corrected chi connectivity index (χ2v) is 7.82. The van der Waals surface area contributed by atoms with Gasteiger partial charge in [0.1, 0.15) is 5.82 Å². The summed E-state index contributed by atoms with van der Waals surface area (Å²) in [6, 6.07) is 1.54. The maximum absolute atomic E-state index is 12.4. The second-order valence-electron chi connectivity index (χ2n) is 5.86. The van der Waals surface area contributed by atoms with Crippen molar-refractivity contribution in [3.63, 3.8) is 0 Å². The minimum absolute atomic E-state index is 0.0346. The number of aromatic nitrogens is 2. The number of rotatable bonds is 4. The number of aromatic amines is 1. The highest BCUT2D eigenvalue weighted by atomic mass is 32.2. The predicted molar refractivity (Wildman–Crippen MR) is 85.9 cm³/mol. The summed E-state index contributed by atoms with van der Waals surface area (Å²) in [5.74, 6) is 1.40. The van der Waals surface area contributed by atoms with Crippen LogP contribution >= 0.6 is 0 Å². The first kappa shape index (κ1) is 16.4. The van der Waals surface area contributed by atoms with Gasteiger partial charge in [-0.05, 0) is 26.7 Å². The molecule has 2 heterocycles. The van der Waals surface area contributed by atoms with E-state index < -0.39 is 10.8 Å². The minimum Gasteiger partial charge on any atom is -0.309 e. The lowest BCUT2D eigenvalue weighted by Crippen LogP contribution is -2.53. The van der Waals surface area contributed by atoms with E-state index in [9.17, 15) is 9.00 Å². The molecule has 0 radical (unpaired) electrons. The highest BCUT2D eigenvalue weighted by Crippen LogP contribution is 2.32. The molecule has 2 rings (SSSR count). The summed E-state index contributed by atoms with van der Waals surface area (Å²) in [6.45, 7) is 9.70. The molecule has 1 aromatic rings. The van der Waals surface area contributed by atoms with Crippen LogP contribution < -0.4 is 5.56 Å². The number of aryl methyl sites for hydroxylation is 1. The topological polar surface area (TPSA) is 66.1 Å². The van der Waals surface area contributed by atoms with Gasteiger partial charge in [-0.3, -0.25) is 13.9 Å². The lowest BCUT2D eigenvalue weighted by molar-refractivity contribution is 0.176. The Morgan fingerprint density at radius 3 is 2.71 bits per heavy atom. The third-order valence-electron chi connectivity index (χ3n) is 4.66. The molecule has 0 unspecified atom stereocenters. The van der Waals surface area contributed by atoms with Crippen LogP contribution in [0, 0.1) is 6.92 Å². The molecule has 0 aliphatic carbocycles. The van der Waals surface area contributed by atoms with Crippen LogP contribution in [0.2, 0.25) is 0 Å². The highest BCUT2D eigenvalue weighted by molar-refractivity contribution is 7.86. The average Bonchev–Trinajstić information content (AvgIpc) is 2.46. The standard InChI is InChI=1S/C15H25N3O2S/c1-5-15(6-2)10-18(7-8-21(15)20)12(4)14-16-11(3)9-13(19)17-14/h9,12H,5-8,10H2,1-4H3,(H,16,17,19)/t12-,21-/m0/s1. The zero-order chi connectivity index (χ0) is 15.6. The molecule has 0 aromatic carbocycles. The van der Waals surface area contributed by atoms with Crippen LogP contribution in [0.15, 0.2) is 10.9 Å². The molecule has 1 fully saturated rings. The third-order valence-corrected chi connectivity index (χ3v) is 6.88. The van der Waals surface area contributed by atoms with Crippen molar-refractivity contribution in [2.24, 2.45) is 0 Å². The van der Waals surface area contributed by atoms with Gasteiger partial charge in [-0.2, -0.15) is 0 Å². The van der Waals surface area contributed by atoms with Crippen molar-refractivity contribution < 1.29 is 4.21 Å². The van der Waals surface area contributed by atoms with Crippen molar-refractivity contribution in [1.29, 1.82) is 0 Å². The van der Waals surface area contributed by atoms with Gasteiger partial charge in [0, 0.05) is 41.4 Å². The van der Waals surface area contributed by atoms with Gasteiger partial charge in [-0.15, -0.1) is 0 Å². The predicted octanol–water partition coefficient (Wildman–Crippen LogP) is 1.76. The van der Waals surface area contributed by atoms with Gasteiger partial charge >= 0.3 is 0 Å². The SMILES string of the molecule is CCC1(CC)CN([C@@H](C)c2nc(C)cc(=O)[nH]2)CC[S@@]1=O. The van der Waals surface area contributed by atoms with Crippen molar-refractivity contribution in [2.45, 2.75) is 51.3 Å². The lowest BCUT2D eigenvalue weighted by atomic mass is 10.00. The molecule has 1 saturated heterocycles. The third kappa shape index (κ3) is 3.26. The van der Waals surface area contributed by atoms with E-state index in [1.165, 1.54) is 6.07 Å². The van der Waals surface area contributed by atoms with E-state index in [0.717, 1.165) is 31.6 Å². The van der Waals surface area contributed by atoms with Crippen molar-refractivity contribution >= 4 is 10.8 Å². The number of hydrogen-bond acceptors (Lipinski definition) is 4. The van der Waals surface area contributed by atoms with Crippen LogP contribution in [0.3, 0.4) is 0 Å². The van der Waals surface area contributed by atoms with Crippen LogP contribution in [-0.2, 0) is 10.8 Å². The van der Waals surface area contributed by atoms with Gasteiger partial charge < -0.3 is 4.98 Å². The number of H-pyrrole nitrogens is 1. The zero-order valence-corrected chi connectivity index (χ0v) is 14.1. The summed E-state index contributed by atoms with van der Waals surface area (Å²) in [5.41, 5.74) is 0.626. The van der Waals surface area contributed by atoms with Crippen molar-refractivity contribution in [3.8, 4) is 0 Å². The van der Waals surface area contributed by atoms with E-state index in [4.69, 9.17) is 0 Å². The summed E-state index contributed by atoms with van der Waals surface area (Å²) < 4.78 is 12.3. The number of hydrogen-bond donors (Lipinski definition) is 1. The van der Waals surface area contributed by atoms with Crippen molar-refractivity contribution in [1.82, 2.24) is 14.9 Å². The maximum Gasteiger partial charge on any atom is 0.251 e. The summed E-state index contributed by atoms with van der Waals surface area (Å²) >= 11 is 0. The molecule has 1 aromatic heterocycles. The first-order chi connectivity index (χ1) is 9.91. The molecule has 2 atom stereocenters. The molecule has 1 N–H and O–H groups in total. The van der Waals surface area contributed by atoms with E-state index >= 15 is 0 Å². The first-order valence-electron chi connectivity index (χ1n) is 7.62. The molecule has 118 valence electrons. The van der Waals surface area contributed by atoms with Gasteiger partial charge in [-0.1, -0.05) is 13.8 Å². The molecule has 1 aliphatic rings. The van der Waals surface area contributed by atoms with Crippen molar-refractivity contribution in [2.75, 3.05) is 18.8 Å². The number of nitrogens with one attached hydrogen (secondary N) is 1. The summed E-state index contributed by atoms with van der Waals surface area (Å²) in [5, 5.41) is 0. The van der Waals surface area contributed by atoms with E-state index in [0.29, 0.717) is 11.6 Å². The molecule has 1 aliphatic heterocycles. The van der Waals surface area contributed by atoms with Crippen molar-refractivity contribution in [3.05, 3.63) is 27.9 Å². The Kier molecular flexibility index (Phi) is 4.99. The summed E-state index contributed by atoms with van der Waals surface area (Å²) in [6.07, 6.45) is 1.83. The molecule has 5 nitrogen and oxygen atoms in total. The Morgan fingerprint density at radius 1 is 1.48 bits per heavy atom. The first-order valence-corrected chi connectivity index (χ1v) is 8.94.